The number of hydrogen-bond acceptors (Lipinski definition) is 2. The van der Waals surface area contributed by atoms with Crippen LogP contribution in [0.4, 0.5) is 8.78 Å². The molecule has 0 unspecified atom stereocenters. The van der Waals surface area contributed by atoms with E-state index in [9.17, 15) is 13.6 Å². The molecule has 0 radical (unpaired) electrons. The SMILES string of the molecule is O=C(c1ccc(F)cc1F)c1coc2ccccc12. The summed E-state index contributed by atoms with van der Waals surface area (Å²) in [7, 11) is 0. The summed E-state index contributed by atoms with van der Waals surface area (Å²) >= 11 is 0. The molecule has 0 bridgehead atoms. The van der Waals surface area contributed by atoms with Crippen molar-refractivity contribution in [3.05, 3.63) is 71.5 Å². The van der Waals surface area contributed by atoms with Gasteiger partial charge in [-0.3, -0.25) is 4.79 Å². The van der Waals surface area contributed by atoms with Gasteiger partial charge in [-0.05, 0) is 18.2 Å². The lowest BCUT2D eigenvalue weighted by atomic mass is 10.0. The summed E-state index contributed by atoms with van der Waals surface area (Å²) in [6, 6.07) is 9.84. The van der Waals surface area contributed by atoms with E-state index in [4.69, 9.17) is 4.42 Å². The molecule has 0 amide bonds. The molecule has 4 heteroatoms. The Morgan fingerprint density at radius 2 is 1.79 bits per heavy atom. The second-order valence-corrected chi connectivity index (χ2v) is 4.10. The molecular formula is C15H8F2O2. The summed E-state index contributed by atoms with van der Waals surface area (Å²) in [6.45, 7) is 0. The van der Waals surface area contributed by atoms with Gasteiger partial charge in [0.2, 0.25) is 0 Å². The number of furan rings is 1. The van der Waals surface area contributed by atoms with Gasteiger partial charge in [0.25, 0.3) is 0 Å². The van der Waals surface area contributed by atoms with Gasteiger partial charge in [-0.25, -0.2) is 8.78 Å². The predicted octanol–water partition coefficient (Wildman–Crippen LogP) is 3.94. The zero-order valence-electron chi connectivity index (χ0n) is 9.69. The highest BCUT2D eigenvalue weighted by Gasteiger charge is 2.18. The van der Waals surface area contributed by atoms with Crippen molar-refractivity contribution in [2.75, 3.05) is 0 Å². The average Bonchev–Trinajstić information content (AvgIpc) is 2.82. The van der Waals surface area contributed by atoms with E-state index >= 15 is 0 Å². The minimum Gasteiger partial charge on any atom is -0.464 e. The maximum absolute atomic E-state index is 13.6. The second-order valence-electron chi connectivity index (χ2n) is 4.10. The lowest BCUT2D eigenvalue weighted by molar-refractivity contribution is 0.103. The van der Waals surface area contributed by atoms with Crippen LogP contribution in [0.3, 0.4) is 0 Å². The van der Waals surface area contributed by atoms with Crippen molar-refractivity contribution in [2.24, 2.45) is 0 Å². The molecule has 0 atom stereocenters. The van der Waals surface area contributed by atoms with Gasteiger partial charge >= 0.3 is 0 Å². The number of rotatable bonds is 2. The molecule has 1 aromatic heterocycles. The molecule has 0 saturated carbocycles. The number of hydrogen-bond donors (Lipinski definition) is 0. The standard InChI is InChI=1S/C15H8F2O2/c16-9-5-6-11(13(17)7-9)15(18)12-8-19-14-4-2-1-3-10(12)14/h1-8H. The first-order valence-electron chi connectivity index (χ1n) is 5.63. The molecule has 3 aromatic rings. The van der Waals surface area contributed by atoms with E-state index < -0.39 is 17.4 Å². The second kappa shape index (κ2) is 4.31. The highest BCUT2D eigenvalue weighted by Crippen LogP contribution is 2.24. The quantitative estimate of drug-likeness (QED) is 0.652. The number of para-hydroxylation sites is 1. The van der Waals surface area contributed by atoms with E-state index in [-0.39, 0.29) is 11.1 Å². The molecule has 3 rings (SSSR count). The van der Waals surface area contributed by atoms with Crippen LogP contribution in [0.5, 0.6) is 0 Å². The molecule has 1 heterocycles. The third kappa shape index (κ3) is 1.91. The average molecular weight is 258 g/mol. The largest absolute Gasteiger partial charge is 0.464 e. The Morgan fingerprint density at radius 1 is 1.00 bits per heavy atom. The van der Waals surface area contributed by atoms with Gasteiger partial charge < -0.3 is 4.42 Å². The van der Waals surface area contributed by atoms with Crippen LogP contribution >= 0.6 is 0 Å². The minimum absolute atomic E-state index is 0.173. The maximum Gasteiger partial charge on any atom is 0.199 e. The van der Waals surface area contributed by atoms with Crippen LogP contribution < -0.4 is 0 Å². The van der Waals surface area contributed by atoms with Gasteiger partial charge in [0.1, 0.15) is 23.5 Å². The van der Waals surface area contributed by atoms with Crippen LogP contribution in [-0.4, -0.2) is 5.78 Å². The van der Waals surface area contributed by atoms with Crippen molar-refractivity contribution in [2.45, 2.75) is 0 Å². The molecule has 0 aliphatic carbocycles. The third-order valence-corrected chi connectivity index (χ3v) is 2.90. The minimum atomic E-state index is -0.879. The normalized spacial score (nSPS) is 10.8. The fourth-order valence-electron chi connectivity index (χ4n) is 1.97. The summed E-state index contributed by atoms with van der Waals surface area (Å²) in [5.74, 6) is -2.12. The van der Waals surface area contributed by atoms with E-state index in [2.05, 4.69) is 0 Å². The molecule has 94 valence electrons. The maximum atomic E-state index is 13.6. The van der Waals surface area contributed by atoms with Crippen molar-refractivity contribution >= 4 is 16.8 Å². The van der Waals surface area contributed by atoms with E-state index in [1.54, 1.807) is 24.3 Å². The lowest BCUT2D eigenvalue weighted by Crippen LogP contribution is -2.03. The topological polar surface area (TPSA) is 30.2 Å². The third-order valence-electron chi connectivity index (χ3n) is 2.90. The van der Waals surface area contributed by atoms with Crippen molar-refractivity contribution in [3.8, 4) is 0 Å². The zero-order valence-corrected chi connectivity index (χ0v) is 9.69. The van der Waals surface area contributed by atoms with Crippen molar-refractivity contribution in [1.29, 1.82) is 0 Å². The van der Waals surface area contributed by atoms with Gasteiger partial charge in [0.05, 0.1) is 11.1 Å². The zero-order chi connectivity index (χ0) is 13.4. The molecule has 2 aromatic carbocycles. The smallest absolute Gasteiger partial charge is 0.199 e. The lowest BCUT2D eigenvalue weighted by Gasteiger charge is -2.01. The highest BCUT2D eigenvalue weighted by molar-refractivity contribution is 6.15. The molecule has 0 saturated heterocycles. The molecule has 0 fully saturated rings. The Bertz CT molecular complexity index is 775. The molecular weight excluding hydrogens is 250 g/mol. The summed E-state index contributed by atoms with van der Waals surface area (Å²) < 4.78 is 31.7. The summed E-state index contributed by atoms with van der Waals surface area (Å²) in [4.78, 5) is 12.2. The summed E-state index contributed by atoms with van der Waals surface area (Å²) in [5.41, 5.74) is 0.641. The number of benzene rings is 2. The molecule has 0 aliphatic heterocycles. The van der Waals surface area contributed by atoms with Crippen molar-refractivity contribution < 1.29 is 18.0 Å². The van der Waals surface area contributed by atoms with Crippen molar-refractivity contribution in [3.63, 3.8) is 0 Å². The number of fused-ring (bicyclic) bond motifs is 1. The Morgan fingerprint density at radius 3 is 2.58 bits per heavy atom. The fraction of sp³-hybridized carbons (Fsp3) is 0. The summed E-state index contributed by atoms with van der Waals surface area (Å²) in [5, 5.41) is 0.608. The van der Waals surface area contributed by atoms with Crippen LogP contribution in [-0.2, 0) is 0 Å². The number of ketones is 1. The van der Waals surface area contributed by atoms with Crippen LogP contribution in [0.15, 0.2) is 53.1 Å². The van der Waals surface area contributed by atoms with Crippen LogP contribution in [0.1, 0.15) is 15.9 Å². The Balaban J connectivity index is 2.13. The van der Waals surface area contributed by atoms with Gasteiger partial charge in [-0.15, -0.1) is 0 Å². The number of carbonyl (C=O) groups is 1. The highest BCUT2D eigenvalue weighted by atomic mass is 19.1. The van der Waals surface area contributed by atoms with Crippen LogP contribution in [0.2, 0.25) is 0 Å². The van der Waals surface area contributed by atoms with Crippen LogP contribution in [0.25, 0.3) is 11.0 Å². The monoisotopic (exact) mass is 258 g/mol. The van der Waals surface area contributed by atoms with Gasteiger partial charge in [0, 0.05) is 11.5 Å². The molecule has 0 aliphatic rings. The first kappa shape index (κ1) is 11.6. The number of carbonyl (C=O) groups excluding carboxylic acids is 1. The Kier molecular flexibility index (Phi) is 2.63. The number of halogens is 2. The summed E-state index contributed by atoms with van der Waals surface area (Å²) in [6.07, 6.45) is 1.29. The van der Waals surface area contributed by atoms with E-state index in [0.717, 1.165) is 12.1 Å². The van der Waals surface area contributed by atoms with Gasteiger partial charge in [-0.2, -0.15) is 0 Å². The van der Waals surface area contributed by atoms with Crippen molar-refractivity contribution in [1.82, 2.24) is 0 Å². The van der Waals surface area contributed by atoms with Gasteiger partial charge in [-0.1, -0.05) is 18.2 Å². The Labute approximate surface area is 107 Å². The molecule has 0 spiro atoms. The molecule has 0 N–H and O–H groups in total. The van der Waals surface area contributed by atoms with E-state index in [1.165, 1.54) is 6.26 Å². The van der Waals surface area contributed by atoms with Gasteiger partial charge in [0.15, 0.2) is 5.78 Å². The molecule has 2 nitrogen and oxygen atoms in total. The fourth-order valence-corrected chi connectivity index (χ4v) is 1.97. The molecule has 19 heavy (non-hydrogen) atoms. The van der Waals surface area contributed by atoms with E-state index in [0.29, 0.717) is 17.0 Å². The Hall–Kier alpha value is -2.49. The first-order chi connectivity index (χ1) is 9.16. The van der Waals surface area contributed by atoms with E-state index in [1.807, 2.05) is 0 Å². The predicted molar refractivity (Wildman–Crippen MR) is 66.0 cm³/mol. The first-order valence-corrected chi connectivity index (χ1v) is 5.63. The van der Waals surface area contributed by atoms with Crippen LogP contribution in [0, 0.1) is 11.6 Å².